The second kappa shape index (κ2) is 14.1. The summed E-state index contributed by atoms with van der Waals surface area (Å²) < 4.78 is 2.21. The zero-order chi connectivity index (χ0) is 15.2. The molecule has 0 saturated heterocycles. The first-order chi connectivity index (χ1) is 9.61. The van der Waals surface area contributed by atoms with E-state index in [0.29, 0.717) is 0 Å². The highest BCUT2D eigenvalue weighted by molar-refractivity contribution is 9.12. The highest BCUT2D eigenvalue weighted by Gasteiger charge is 2.01. The minimum Gasteiger partial charge on any atom is -0.0845 e. The third-order valence-corrected chi connectivity index (χ3v) is 4.42. The van der Waals surface area contributed by atoms with E-state index in [9.17, 15) is 0 Å². The van der Waals surface area contributed by atoms with E-state index in [2.05, 4.69) is 64.4 Å². The maximum Gasteiger partial charge on any atom is 0.0138 e. The standard InChI is InChI=1S/C18H30Br2/c1-4-6-8-10-12-14-18(20)15-17(16(3)19)13-11-9-7-5-2/h14-15H,3-13H2,1-2H3. The van der Waals surface area contributed by atoms with Gasteiger partial charge >= 0.3 is 0 Å². The molecule has 0 bridgehead atoms. The predicted molar refractivity (Wildman–Crippen MR) is 101 cm³/mol. The van der Waals surface area contributed by atoms with Crippen LogP contribution in [0.2, 0.25) is 0 Å². The summed E-state index contributed by atoms with van der Waals surface area (Å²) in [6.07, 6.45) is 17.3. The summed E-state index contributed by atoms with van der Waals surface area (Å²) in [4.78, 5) is 0. The van der Waals surface area contributed by atoms with Gasteiger partial charge in [0.05, 0.1) is 0 Å². The monoisotopic (exact) mass is 404 g/mol. The van der Waals surface area contributed by atoms with E-state index >= 15 is 0 Å². The fraction of sp³-hybridized carbons (Fsp3) is 0.667. The molecule has 0 aliphatic carbocycles. The van der Waals surface area contributed by atoms with Gasteiger partial charge in [-0.1, -0.05) is 96.9 Å². The van der Waals surface area contributed by atoms with Crippen molar-refractivity contribution in [2.45, 2.75) is 78.1 Å². The van der Waals surface area contributed by atoms with Gasteiger partial charge in [0.25, 0.3) is 0 Å². The normalized spacial score (nSPS) is 12.8. The lowest BCUT2D eigenvalue weighted by atomic mass is 10.1. The smallest absolute Gasteiger partial charge is 0.0138 e. The molecule has 0 unspecified atom stereocenters. The minimum absolute atomic E-state index is 1.02. The number of hydrogen-bond donors (Lipinski definition) is 0. The quantitative estimate of drug-likeness (QED) is 0.227. The molecule has 0 heterocycles. The Morgan fingerprint density at radius 2 is 1.50 bits per heavy atom. The molecule has 0 aromatic heterocycles. The van der Waals surface area contributed by atoms with E-state index in [4.69, 9.17) is 0 Å². The van der Waals surface area contributed by atoms with Crippen LogP contribution in [0.4, 0.5) is 0 Å². The lowest BCUT2D eigenvalue weighted by Crippen LogP contribution is -1.85. The molecule has 0 N–H and O–H groups in total. The van der Waals surface area contributed by atoms with E-state index in [1.165, 1.54) is 61.4 Å². The molecule has 0 amide bonds. The van der Waals surface area contributed by atoms with Gasteiger partial charge in [-0.2, -0.15) is 0 Å². The van der Waals surface area contributed by atoms with Crippen LogP contribution in [0.5, 0.6) is 0 Å². The Morgan fingerprint density at radius 3 is 2.05 bits per heavy atom. The lowest BCUT2D eigenvalue weighted by molar-refractivity contribution is 0.667. The van der Waals surface area contributed by atoms with Gasteiger partial charge in [0.2, 0.25) is 0 Å². The van der Waals surface area contributed by atoms with Crippen LogP contribution >= 0.6 is 31.9 Å². The van der Waals surface area contributed by atoms with Crippen LogP contribution in [0.15, 0.2) is 33.3 Å². The SMILES string of the molecule is C=C(Br)C(=CC(Br)=CCCCCCC)CCCCCC. The maximum atomic E-state index is 4.03. The van der Waals surface area contributed by atoms with Crippen LogP contribution in [0.25, 0.3) is 0 Å². The Morgan fingerprint density at radius 1 is 0.900 bits per heavy atom. The number of halogens is 2. The second-order valence-electron chi connectivity index (χ2n) is 5.32. The third-order valence-electron chi connectivity index (χ3n) is 3.36. The van der Waals surface area contributed by atoms with Crippen molar-refractivity contribution in [3.05, 3.63) is 33.3 Å². The van der Waals surface area contributed by atoms with E-state index in [1.807, 2.05) is 0 Å². The molecular formula is C18H30Br2. The van der Waals surface area contributed by atoms with Crippen LogP contribution in [0, 0.1) is 0 Å². The summed E-state index contributed by atoms with van der Waals surface area (Å²) in [6.45, 7) is 8.53. The molecule has 0 aromatic rings. The topological polar surface area (TPSA) is 0 Å². The highest BCUT2D eigenvalue weighted by Crippen LogP contribution is 2.25. The summed E-state index contributed by atoms with van der Waals surface area (Å²) in [6, 6.07) is 0. The van der Waals surface area contributed by atoms with Gasteiger partial charge < -0.3 is 0 Å². The van der Waals surface area contributed by atoms with Gasteiger partial charge in [0.15, 0.2) is 0 Å². The third kappa shape index (κ3) is 12.0. The molecule has 0 rings (SSSR count). The van der Waals surface area contributed by atoms with E-state index in [1.54, 1.807) is 0 Å². The Kier molecular flexibility index (Phi) is 14.3. The summed E-state index contributed by atoms with van der Waals surface area (Å²) >= 11 is 7.19. The van der Waals surface area contributed by atoms with Gasteiger partial charge in [-0.25, -0.2) is 0 Å². The Hall–Kier alpha value is 0.180. The van der Waals surface area contributed by atoms with Crippen molar-refractivity contribution >= 4 is 31.9 Å². The first-order valence-electron chi connectivity index (χ1n) is 8.02. The average Bonchev–Trinajstić information content (AvgIpc) is 2.41. The largest absolute Gasteiger partial charge is 0.0845 e. The zero-order valence-electron chi connectivity index (χ0n) is 13.2. The highest BCUT2D eigenvalue weighted by atomic mass is 79.9. The van der Waals surface area contributed by atoms with Gasteiger partial charge in [-0.05, 0) is 37.3 Å². The number of hydrogen-bond acceptors (Lipinski definition) is 0. The van der Waals surface area contributed by atoms with E-state index in [0.717, 1.165) is 17.3 Å². The Bertz CT molecular complexity index is 313. The maximum absolute atomic E-state index is 4.03. The van der Waals surface area contributed by atoms with Crippen LogP contribution < -0.4 is 0 Å². The lowest BCUT2D eigenvalue weighted by Gasteiger charge is -2.06. The number of unbranched alkanes of at least 4 members (excludes halogenated alkanes) is 7. The fourth-order valence-electron chi connectivity index (χ4n) is 2.06. The van der Waals surface area contributed by atoms with Crippen molar-refractivity contribution in [1.29, 1.82) is 0 Å². The molecular weight excluding hydrogens is 376 g/mol. The van der Waals surface area contributed by atoms with Gasteiger partial charge in [0.1, 0.15) is 0 Å². The molecule has 0 saturated carbocycles. The second-order valence-corrected chi connectivity index (χ2v) is 7.20. The molecule has 0 nitrogen and oxygen atoms in total. The summed E-state index contributed by atoms with van der Waals surface area (Å²) in [7, 11) is 0. The molecule has 0 spiro atoms. The summed E-state index contributed by atoms with van der Waals surface area (Å²) in [5.41, 5.74) is 1.32. The molecule has 0 aliphatic rings. The predicted octanol–water partition coefficient (Wildman–Crippen LogP) is 8.04. The van der Waals surface area contributed by atoms with E-state index in [-0.39, 0.29) is 0 Å². The van der Waals surface area contributed by atoms with Crippen molar-refractivity contribution in [1.82, 2.24) is 0 Å². The van der Waals surface area contributed by atoms with Gasteiger partial charge in [-0.3, -0.25) is 0 Å². The molecule has 0 fully saturated rings. The summed E-state index contributed by atoms with van der Waals surface area (Å²) in [5, 5.41) is 0. The minimum atomic E-state index is 1.02. The number of allylic oxidation sites excluding steroid dienone is 5. The molecule has 0 aromatic carbocycles. The van der Waals surface area contributed by atoms with Gasteiger partial charge in [-0.15, -0.1) is 0 Å². The first-order valence-corrected chi connectivity index (χ1v) is 9.61. The molecule has 20 heavy (non-hydrogen) atoms. The molecule has 0 radical (unpaired) electrons. The molecule has 0 atom stereocenters. The average molecular weight is 406 g/mol. The van der Waals surface area contributed by atoms with Crippen molar-refractivity contribution in [3.8, 4) is 0 Å². The Balaban J connectivity index is 4.20. The molecule has 116 valence electrons. The number of rotatable bonds is 12. The van der Waals surface area contributed by atoms with Crippen LogP contribution in [-0.2, 0) is 0 Å². The van der Waals surface area contributed by atoms with Crippen LogP contribution in [0.1, 0.15) is 78.1 Å². The first kappa shape index (κ1) is 20.2. The molecule has 2 heteroatoms. The zero-order valence-corrected chi connectivity index (χ0v) is 16.4. The van der Waals surface area contributed by atoms with Crippen molar-refractivity contribution in [2.75, 3.05) is 0 Å². The van der Waals surface area contributed by atoms with Crippen LogP contribution in [-0.4, -0.2) is 0 Å². The van der Waals surface area contributed by atoms with E-state index < -0.39 is 0 Å². The fourth-order valence-corrected chi connectivity index (χ4v) is 2.88. The van der Waals surface area contributed by atoms with Crippen molar-refractivity contribution in [2.24, 2.45) is 0 Å². The summed E-state index contributed by atoms with van der Waals surface area (Å²) in [5.74, 6) is 0. The Labute approximate surface area is 143 Å². The van der Waals surface area contributed by atoms with Gasteiger partial charge in [0, 0.05) is 8.96 Å². The molecule has 0 aliphatic heterocycles. The van der Waals surface area contributed by atoms with Crippen LogP contribution in [0.3, 0.4) is 0 Å². The van der Waals surface area contributed by atoms with Crippen molar-refractivity contribution in [3.63, 3.8) is 0 Å². The van der Waals surface area contributed by atoms with Crippen molar-refractivity contribution < 1.29 is 0 Å².